The van der Waals surface area contributed by atoms with Crippen molar-refractivity contribution in [1.82, 2.24) is 9.97 Å². The van der Waals surface area contributed by atoms with E-state index in [2.05, 4.69) is 14.7 Å². The van der Waals surface area contributed by atoms with E-state index in [0.29, 0.717) is 5.56 Å². The lowest BCUT2D eigenvalue weighted by Crippen LogP contribution is -2.15. The zero-order valence-electron chi connectivity index (χ0n) is 10.2. The molecule has 0 aliphatic carbocycles. The third-order valence-electron chi connectivity index (χ3n) is 2.44. The molecule has 0 spiro atoms. The zero-order valence-corrected chi connectivity index (χ0v) is 11.0. The van der Waals surface area contributed by atoms with Gasteiger partial charge in [-0.25, -0.2) is 23.1 Å². The Morgan fingerprint density at radius 3 is 2.53 bits per heavy atom. The summed E-state index contributed by atoms with van der Waals surface area (Å²) in [6.07, 6.45) is 2.15. The number of rotatable bonds is 4. The summed E-state index contributed by atoms with van der Waals surface area (Å²) in [6.45, 7) is 1.57. The first-order chi connectivity index (χ1) is 8.99. The maximum Gasteiger partial charge on any atom is 0.264 e. The monoisotopic (exact) mass is 279 g/mol. The average molecular weight is 279 g/mol. The van der Waals surface area contributed by atoms with Gasteiger partial charge in [0.05, 0.1) is 11.0 Å². The number of aromatic nitrogens is 2. The number of aliphatic hydroxyl groups is 1. The molecule has 0 aliphatic rings. The second kappa shape index (κ2) is 5.33. The van der Waals surface area contributed by atoms with Gasteiger partial charge < -0.3 is 5.11 Å². The summed E-state index contributed by atoms with van der Waals surface area (Å²) in [5, 5.41) is 9.46. The highest BCUT2D eigenvalue weighted by Crippen LogP contribution is 2.18. The van der Waals surface area contributed by atoms with Crippen LogP contribution < -0.4 is 4.72 Å². The minimum atomic E-state index is -3.76. The van der Waals surface area contributed by atoms with Gasteiger partial charge in [-0.15, -0.1) is 0 Å². The van der Waals surface area contributed by atoms with E-state index in [4.69, 9.17) is 0 Å². The largest absolute Gasteiger partial charge is 0.389 e. The fraction of sp³-hybridized carbons (Fsp3) is 0.167. The molecule has 1 aromatic heterocycles. The SMILES string of the molecule is CC(O)c1cccc(S(=O)(=O)Nc2ncccn2)c1. The summed E-state index contributed by atoms with van der Waals surface area (Å²) in [7, 11) is -3.76. The van der Waals surface area contributed by atoms with Crippen LogP contribution in [-0.4, -0.2) is 23.5 Å². The van der Waals surface area contributed by atoms with Gasteiger partial charge in [-0.2, -0.15) is 0 Å². The average Bonchev–Trinajstić information content (AvgIpc) is 2.39. The number of nitrogens with zero attached hydrogens (tertiary/aromatic N) is 2. The van der Waals surface area contributed by atoms with Crippen LogP contribution in [0.4, 0.5) is 5.95 Å². The van der Waals surface area contributed by atoms with Crippen LogP contribution in [0.15, 0.2) is 47.6 Å². The number of nitrogens with one attached hydrogen (secondary N) is 1. The Labute approximate surface area is 111 Å². The van der Waals surface area contributed by atoms with Crippen molar-refractivity contribution in [3.8, 4) is 0 Å². The fourth-order valence-corrected chi connectivity index (χ4v) is 2.49. The molecule has 0 radical (unpaired) electrons. The smallest absolute Gasteiger partial charge is 0.264 e. The van der Waals surface area contributed by atoms with Crippen LogP contribution in [0.5, 0.6) is 0 Å². The van der Waals surface area contributed by atoms with Crippen LogP contribution in [0.2, 0.25) is 0 Å². The van der Waals surface area contributed by atoms with E-state index in [1.54, 1.807) is 25.1 Å². The van der Waals surface area contributed by atoms with Gasteiger partial charge in [0.1, 0.15) is 0 Å². The molecule has 0 saturated carbocycles. The maximum absolute atomic E-state index is 12.1. The van der Waals surface area contributed by atoms with Crippen LogP contribution in [0.1, 0.15) is 18.6 Å². The summed E-state index contributed by atoms with van der Waals surface area (Å²) in [4.78, 5) is 7.65. The number of hydrogen-bond donors (Lipinski definition) is 2. The molecule has 0 saturated heterocycles. The molecule has 1 atom stereocenters. The molecule has 19 heavy (non-hydrogen) atoms. The predicted octanol–water partition coefficient (Wildman–Crippen LogP) is 1.33. The van der Waals surface area contributed by atoms with E-state index in [1.807, 2.05) is 0 Å². The molecular weight excluding hydrogens is 266 g/mol. The molecule has 1 aromatic carbocycles. The summed E-state index contributed by atoms with van der Waals surface area (Å²) in [5.41, 5.74) is 0.525. The topological polar surface area (TPSA) is 92.2 Å². The molecule has 2 N–H and O–H groups in total. The summed E-state index contributed by atoms with van der Waals surface area (Å²) in [6, 6.07) is 7.67. The Morgan fingerprint density at radius 1 is 1.21 bits per heavy atom. The lowest BCUT2D eigenvalue weighted by molar-refractivity contribution is 0.199. The van der Waals surface area contributed by atoms with Gasteiger partial charge in [0.2, 0.25) is 5.95 Å². The lowest BCUT2D eigenvalue weighted by atomic mass is 10.1. The predicted molar refractivity (Wildman–Crippen MR) is 69.9 cm³/mol. The molecular formula is C12H13N3O3S. The van der Waals surface area contributed by atoms with Crippen molar-refractivity contribution in [3.63, 3.8) is 0 Å². The van der Waals surface area contributed by atoms with Gasteiger partial charge in [-0.1, -0.05) is 12.1 Å². The summed E-state index contributed by atoms with van der Waals surface area (Å²) < 4.78 is 26.5. The number of anilines is 1. The van der Waals surface area contributed by atoms with E-state index in [1.165, 1.54) is 24.5 Å². The molecule has 0 amide bonds. The van der Waals surface area contributed by atoms with Crippen molar-refractivity contribution in [2.75, 3.05) is 4.72 Å². The standard InChI is InChI=1S/C12H13N3O3S/c1-9(16)10-4-2-5-11(8-10)19(17,18)15-12-13-6-3-7-14-12/h2-9,16H,1H3,(H,13,14,15). The molecule has 0 fully saturated rings. The quantitative estimate of drug-likeness (QED) is 0.880. The van der Waals surface area contributed by atoms with E-state index in [9.17, 15) is 13.5 Å². The van der Waals surface area contributed by atoms with Crippen LogP contribution in [0, 0.1) is 0 Å². The molecule has 1 unspecified atom stereocenters. The summed E-state index contributed by atoms with van der Waals surface area (Å²) >= 11 is 0. The second-order valence-corrected chi connectivity index (χ2v) is 5.61. The van der Waals surface area contributed by atoms with Crippen molar-refractivity contribution in [1.29, 1.82) is 0 Å². The number of sulfonamides is 1. The molecule has 1 heterocycles. The highest BCUT2D eigenvalue weighted by Gasteiger charge is 2.16. The van der Waals surface area contributed by atoms with Crippen LogP contribution in [0.25, 0.3) is 0 Å². The van der Waals surface area contributed by atoms with Gasteiger partial charge in [0, 0.05) is 12.4 Å². The molecule has 2 rings (SSSR count). The molecule has 0 aliphatic heterocycles. The normalized spacial score (nSPS) is 12.9. The van der Waals surface area contributed by atoms with Gasteiger partial charge in [0.15, 0.2) is 0 Å². The maximum atomic E-state index is 12.1. The van der Waals surface area contributed by atoms with Gasteiger partial charge in [-0.3, -0.25) is 0 Å². The highest BCUT2D eigenvalue weighted by molar-refractivity contribution is 7.92. The van der Waals surface area contributed by atoms with Crippen molar-refractivity contribution in [2.24, 2.45) is 0 Å². The van der Waals surface area contributed by atoms with E-state index in [-0.39, 0.29) is 10.8 Å². The van der Waals surface area contributed by atoms with E-state index in [0.717, 1.165) is 0 Å². The molecule has 0 bridgehead atoms. The molecule has 7 heteroatoms. The third-order valence-corrected chi connectivity index (χ3v) is 3.77. The van der Waals surface area contributed by atoms with Gasteiger partial charge in [0.25, 0.3) is 10.0 Å². The van der Waals surface area contributed by atoms with Crippen LogP contribution in [0.3, 0.4) is 0 Å². The van der Waals surface area contributed by atoms with Crippen molar-refractivity contribution in [3.05, 3.63) is 48.3 Å². The fourth-order valence-electron chi connectivity index (χ4n) is 1.47. The van der Waals surface area contributed by atoms with Crippen molar-refractivity contribution in [2.45, 2.75) is 17.9 Å². The van der Waals surface area contributed by atoms with Gasteiger partial charge in [-0.05, 0) is 30.7 Å². The minimum absolute atomic E-state index is 0.00458. The van der Waals surface area contributed by atoms with Gasteiger partial charge >= 0.3 is 0 Å². The number of hydrogen-bond acceptors (Lipinski definition) is 5. The molecule has 100 valence electrons. The summed E-state index contributed by atoms with van der Waals surface area (Å²) in [5.74, 6) is 0.00458. The van der Waals surface area contributed by atoms with E-state index >= 15 is 0 Å². The Balaban J connectivity index is 2.32. The number of benzene rings is 1. The van der Waals surface area contributed by atoms with E-state index < -0.39 is 16.1 Å². The highest BCUT2D eigenvalue weighted by atomic mass is 32.2. The van der Waals surface area contributed by atoms with Crippen LogP contribution >= 0.6 is 0 Å². The van der Waals surface area contributed by atoms with Crippen LogP contribution in [-0.2, 0) is 10.0 Å². The Hall–Kier alpha value is -1.99. The number of aliphatic hydroxyl groups excluding tert-OH is 1. The Kier molecular flexibility index (Phi) is 3.77. The Bertz CT molecular complexity index is 657. The zero-order chi connectivity index (χ0) is 13.9. The second-order valence-electron chi connectivity index (χ2n) is 3.93. The minimum Gasteiger partial charge on any atom is -0.389 e. The first-order valence-electron chi connectivity index (χ1n) is 5.57. The Morgan fingerprint density at radius 2 is 1.89 bits per heavy atom. The molecule has 2 aromatic rings. The van der Waals surface area contributed by atoms with Crippen molar-refractivity contribution >= 4 is 16.0 Å². The first-order valence-corrected chi connectivity index (χ1v) is 7.05. The molecule has 6 nitrogen and oxygen atoms in total. The van der Waals surface area contributed by atoms with Crippen molar-refractivity contribution < 1.29 is 13.5 Å². The third kappa shape index (κ3) is 3.27. The first kappa shape index (κ1) is 13.4. The lowest BCUT2D eigenvalue weighted by Gasteiger charge is -2.09.